The quantitative estimate of drug-likeness (QED) is 0.370. The van der Waals surface area contributed by atoms with E-state index in [-0.39, 0.29) is 19.8 Å². The fraction of sp³-hybridized carbons (Fsp3) is 0.200. The number of nitrogens with zero attached hydrogens (tertiary/aromatic N) is 2. The van der Waals surface area contributed by atoms with Crippen LogP contribution in [0, 0.1) is 0 Å². The maximum Gasteiger partial charge on any atom is 0.336 e. The van der Waals surface area contributed by atoms with Crippen LogP contribution in [0.3, 0.4) is 0 Å². The van der Waals surface area contributed by atoms with Gasteiger partial charge in [-0.05, 0) is 42.0 Å². The lowest BCUT2D eigenvalue weighted by Crippen LogP contribution is -2.39. The van der Waals surface area contributed by atoms with Crippen molar-refractivity contribution in [2.24, 2.45) is 0 Å². The molecule has 8 heteroatoms. The number of aliphatic hydroxyl groups excluding tert-OH is 1. The summed E-state index contributed by atoms with van der Waals surface area (Å²) in [6, 6.07) is 21.6. The van der Waals surface area contributed by atoms with Crippen LogP contribution >= 0.6 is 11.6 Å². The van der Waals surface area contributed by atoms with Gasteiger partial charge in [0.2, 0.25) is 0 Å². The third-order valence-electron chi connectivity index (χ3n) is 5.22. The van der Waals surface area contributed by atoms with E-state index in [0.29, 0.717) is 40.5 Å². The summed E-state index contributed by atoms with van der Waals surface area (Å²) in [7, 11) is 0. The van der Waals surface area contributed by atoms with E-state index in [1.165, 1.54) is 4.57 Å². The van der Waals surface area contributed by atoms with Gasteiger partial charge in [-0.15, -0.1) is 0 Å². The summed E-state index contributed by atoms with van der Waals surface area (Å²) in [5.74, 6) is 0. The van der Waals surface area contributed by atoms with Gasteiger partial charge in [0.15, 0.2) is 0 Å². The number of fused-ring (bicyclic) bond motifs is 1. The normalized spacial score (nSPS) is 11.1. The molecule has 0 fully saturated rings. The number of hydrogen-bond acceptors (Lipinski definition) is 5. The van der Waals surface area contributed by atoms with Gasteiger partial charge in [0.05, 0.1) is 43.0 Å². The van der Waals surface area contributed by atoms with Gasteiger partial charge in [0.1, 0.15) is 0 Å². The van der Waals surface area contributed by atoms with Crippen molar-refractivity contribution in [1.82, 2.24) is 9.13 Å². The second kappa shape index (κ2) is 10.5. The molecule has 7 nitrogen and oxygen atoms in total. The third-order valence-corrected chi connectivity index (χ3v) is 5.46. The van der Waals surface area contributed by atoms with Gasteiger partial charge in [-0.3, -0.25) is 9.36 Å². The number of halogens is 1. The van der Waals surface area contributed by atoms with Crippen molar-refractivity contribution in [2.75, 3.05) is 25.1 Å². The lowest BCUT2D eigenvalue weighted by molar-refractivity contribution is 0.113. The van der Waals surface area contributed by atoms with Crippen LogP contribution in [0.2, 0.25) is 5.02 Å². The average Bonchev–Trinajstić information content (AvgIpc) is 2.83. The fourth-order valence-electron chi connectivity index (χ4n) is 3.66. The molecule has 0 amide bonds. The zero-order valence-electron chi connectivity index (χ0n) is 17.9. The van der Waals surface area contributed by atoms with Gasteiger partial charge < -0.3 is 15.2 Å². The van der Waals surface area contributed by atoms with E-state index in [1.807, 2.05) is 30.3 Å². The summed E-state index contributed by atoms with van der Waals surface area (Å²) in [6.45, 7) is 1.28. The Hall–Kier alpha value is -3.39. The van der Waals surface area contributed by atoms with Crippen LogP contribution in [0.1, 0.15) is 5.56 Å². The number of benzene rings is 3. The Morgan fingerprint density at radius 1 is 0.970 bits per heavy atom. The van der Waals surface area contributed by atoms with Crippen LogP contribution in [0.15, 0.2) is 82.4 Å². The SMILES string of the molecule is O=c1c2ccc(NCCO)cc2n(CCOCc2ccccc2)c(=O)n1-c1cccc(Cl)c1. The van der Waals surface area contributed by atoms with Crippen molar-refractivity contribution in [2.45, 2.75) is 13.2 Å². The molecule has 170 valence electrons. The van der Waals surface area contributed by atoms with Crippen LogP contribution in [-0.4, -0.2) is 34.0 Å². The molecular formula is C25H24ClN3O4. The first kappa shape index (κ1) is 22.8. The van der Waals surface area contributed by atoms with E-state index in [9.17, 15) is 9.59 Å². The molecule has 0 aliphatic rings. The number of hydrogen-bond donors (Lipinski definition) is 2. The molecular weight excluding hydrogens is 442 g/mol. The minimum Gasteiger partial charge on any atom is -0.395 e. The summed E-state index contributed by atoms with van der Waals surface area (Å²) >= 11 is 6.11. The summed E-state index contributed by atoms with van der Waals surface area (Å²) < 4.78 is 8.47. The van der Waals surface area contributed by atoms with Gasteiger partial charge in [-0.25, -0.2) is 9.36 Å². The molecule has 0 atom stereocenters. The Bertz CT molecular complexity index is 1370. The lowest BCUT2D eigenvalue weighted by atomic mass is 10.2. The highest BCUT2D eigenvalue weighted by Gasteiger charge is 2.15. The number of aliphatic hydroxyl groups is 1. The van der Waals surface area contributed by atoms with Crippen LogP contribution < -0.4 is 16.6 Å². The second-order valence-corrected chi connectivity index (χ2v) is 7.91. The van der Waals surface area contributed by atoms with E-state index in [4.69, 9.17) is 21.4 Å². The molecule has 33 heavy (non-hydrogen) atoms. The fourth-order valence-corrected chi connectivity index (χ4v) is 3.84. The number of nitrogens with one attached hydrogen (secondary N) is 1. The van der Waals surface area contributed by atoms with E-state index >= 15 is 0 Å². The zero-order chi connectivity index (χ0) is 23.2. The highest BCUT2D eigenvalue weighted by Crippen LogP contribution is 2.18. The molecule has 2 N–H and O–H groups in total. The molecule has 4 rings (SSSR count). The van der Waals surface area contributed by atoms with Gasteiger partial charge in [-0.2, -0.15) is 0 Å². The molecule has 1 aromatic heterocycles. The van der Waals surface area contributed by atoms with Gasteiger partial charge >= 0.3 is 5.69 Å². The Kier molecular flexibility index (Phi) is 7.24. The number of aromatic nitrogens is 2. The Labute approximate surface area is 195 Å². The van der Waals surface area contributed by atoms with Gasteiger partial charge in [0, 0.05) is 17.3 Å². The predicted octanol–water partition coefficient (Wildman–Crippen LogP) is 3.43. The van der Waals surface area contributed by atoms with Crippen molar-refractivity contribution in [3.63, 3.8) is 0 Å². The monoisotopic (exact) mass is 465 g/mol. The van der Waals surface area contributed by atoms with Crippen molar-refractivity contribution in [3.05, 3.63) is 104 Å². The van der Waals surface area contributed by atoms with Crippen LogP contribution in [0.4, 0.5) is 5.69 Å². The predicted molar refractivity (Wildman–Crippen MR) is 130 cm³/mol. The standard InChI is InChI=1S/C25H24ClN3O4/c26-19-7-4-8-21(15-19)29-24(31)22-10-9-20(27-11-13-30)16-23(22)28(25(29)32)12-14-33-17-18-5-2-1-3-6-18/h1-10,15-16,27,30H,11-14,17H2. The number of anilines is 1. The maximum atomic E-state index is 13.5. The first-order valence-corrected chi connectivity index (χ1v) is 11.0. The summed E-state index contributed by atoms with van der Waals surface area (Å²) in [6.07, 6.45) is 0. The van der Waals surface area contributed by atoms with E-state index < -0.39 is 11.2 Å². The molecule has 0 bridgehead atoms. The van der Waals surface area contributed by atoms with Crippen molar-refractivity contribution >= 4 is 28.2 Å². The summed E-state index contributed by atoms with van der Waals surface area (Å²) in [5.41, 5.74) is 1.74. The topological polar surface area (TPSA) is 85.5 Å². The molecule has 0 unspecified atom stereocenters. The maximum absolute atomic E-state index is 13.5. The van der Waals surface area contributed by atoms with Crippen LogP contribution in [0.25, 0.3) is 16.6 Å². The molecule has 1 heterocycles. The van der Waals surface area contributed by atoms with Crippen molar-refractivity contribution in [3.8, 4) is 5.69 Å². The van der Waals surface area contributed by atoms with E-state index in [2.05, 4.69) is 5.32 Å². The zero-order valence-corrected chi connectivity index (χ0v) is 18.7. The molecule has 0 spiro atoms. The Balaban J connectivity index is 1.75. The third kappa shape index (κ3) is 5.17. The first-order chi connectivity index (χ1) is 16.1. The summed E-state index contributed by atoms with van der Waals surface area (Å²) in [5, 5.41) is 13.0. The molecule has 0 radical (unpaired) electrons. The molecule has 0 aliphatic heterocycles. The van der Waals surface area contributed by atoms with Gasteiger partial charge in [-0.1, -0.05) is 48.0 Å². The largest absolute Gasteiger partial charge is 0.395 e. The van der Waals surface area contributed by atoms with E-state index in [1.54, 1.807) is 42.5 Å². The molecule has 0 saturated heterocycles. The lowest BCUT2D eigenvalue weighted by Gasteiger charge is -2.16. The van der Waals surface area contributed by atoms with Crippen LogP contribution in [-0.2, 0) is 17.9 Å². The highest BCUT2D eigenvalue weighted by atomic mass is 35.5. The molecule has 0 aliphatic carbocycles. The van der Waals surface area contributed by atoms with Crippen LogP contribution in [0.5, 0.6) is 0 Å². The molecule has 0 saturated carbocycles. The second-order valence-electron chi connectivity index (χ2n) is 7.48. The number of ether oxygens (including phenoxy) is 1. The average molecular weight is 466 g/mol. The first-order valence-electron chi connectivity index (χ1n) is 10.6. The summed E-state index contributed by atoms with van der Waals surface area (Å²) in [4.78, 5) is 26.7. The minimum absolute atomic E-state index is 0.0332. The molecule has 3 aromatic carbocycles. The highest BCUT2D eigenvalue weighted by molar-refractivity contribution is 6.30. The van der Waals surface area contributed by atoms with E-state index in [0.717, 1.165) is 10.1 Å². The molecule has 4 aromatic rings. The van der Waals surface area contributed by atoms with Crippen molar-refractivity contribution < 1.29 is 9.84 Å². The Morgan fingerprint density at radius 2 is 1.79 bits per heavy atom. The van der Waals surface area contributed by atoms with Gasteiger partial charge in [0.25, 0.3) is 5.56 Å². The minimum atomic E-state index is -0.475. The Morgan fingerprint density at radius 3 is 2.55 bits per heavy atom. The number of rotatable bonds is 9. The van der Waals surface area contributed by atoms with Crippen molar-refractivity contribution in [1.29, 1.82) is 0 Å². The smallest absolute Gasteiger partial charge is 0.336 e.